The maximum atomic E-state index is 10.7. The molecule has 5 heteroatoms. The first-order valence-electron chi connectivity index (χ1n) is 4.51. The van der Waals surface area contributed by atoms with Crippen molar-refractivity contribution in [3.63, 3.8) is 0 Å². The van der Waals surface area contributed by atoms with E-state index in [1.807, 2.05) is 0 Å². The van der Waals surface area contributed by atoms with Crippen LogP contribution in [-0.2, 0) is 9.59 Å². The van der Waals surface area contributed by atoms with Crippen molar-refractivity contribution in [1.82, 2.24) is 5.32 Å². The largest absolute Gasteiger partial charge is 0.481 e. The van der Waals surface area contributed by atoms with Gasteiger partial charge in [-0.15, -0.1) is 0 Å². The molecule has 0 fully saturated rings. The molecule has 14 heavy (non-hydrogen) atoms. The third-order valence-electron chi connectivity index (χ3n) is 1.98. The molecule has 5 nitrogen and oxygen atoms in total. The number of carbonyl (C=O) groups excluding carboxylic acids is 1. The number of carboxylic acid groups (broad SMARTS) is 1. The zero-order valence-corrected chi connectivity index (χ0v) is 8.83. The number of carbonyl (C=O) groups is 2. The molecule has 1 amide bonds. The van der Waals surface area contributed by atoms with Gasteiger partial charge in [-0.3, -0.25) is 9.59 Å². The molecule has 0 saturated carbocycles. The second-order valence-corrected chi connectivity index (χ2v) is 4.14. The monoisotopic (exact) mass is 202 g/mol. The predicted octanol–water partition coefficient (Wildman–Crippen LogP) is -0.0493. The molecular formula is C9H18N2O3. The molecule has 0 heterocycles. The van der Waals surface area contributed by atoms with E-state index in [1.165, 1.54) is 0 Å². The van der Waals surface area contributed by atoms with Crippen LogP contribution < -0.4 is 11.1 Å². The molecule has 4 N–H and O–H groups in total. The Hall–Kier alpha value is -1.10. The van der Waals surface area contributed by atoms with Gasteiger partial charge in [-0.1, -0.05) is 0 Å². The molecule has 1 atom stereocenters. The number of primary amides is 1. The second-order valence-electron chi connectivity index (χ2n) is 4.14. The Labute approximate surface area is 83.7 Å². The average Bonchev–Trinajstić information content (AvgIpc) is 1.99. The van der Waals surface area contributed by atoms with Gasteiger partial charge in [-0.05, 0) is 20.8 Å². The summed E-state index contributed by atoms with van der Waals surface area (Å²) >= 11 is 0. The van der Waals surface area contributed by atoms with Crippen LogP contribution >= 0.6 is 0 Å². The van der Waals surface area contributed by atoms with Crippen molar-refractivity contribution >= 4 is 11.9 Å². The van der Waals surface area contributed by atoms with Crippen LogP contribution in [0.15, 0.2) is 0 Å². The molecule has 82 valence electrons. The minimum absolute atomic E-state index is 0.0916. The molecule has 0 saturated heterocycles. The van der Waals surface area contributed by atoms with Gasteiger partial charge in [-0.2, -0.15) is 0 Å². The van der Waals surface area contributed by atoms with E-state index in [9.17, 15) is 9.59 Å². The summed E-state index contributed by atoms with van der Waals surface area (Å²) in [6, 6.07) is -0.0916. The molecule has 0 aliphatic rings. The van der Waals surface area contributed by atoms with Crippen LogP contribution in [0.4, 0.5) is 0 Å². The summed E-state index contributed by atoms with van der Waals surface area (Å²) in [5, 5.41) is 11.8. The fourth-order valence-corrected chi connectivity index (χ4v) is 0.879. The van der Waals surface area contributed by atoms with Crippen LogP contribution in [0.25, 0.3) is 0 Å². The van der Waals surface area contributed by atoms with Crippen LogP contribution in [0.2, 0.25) is 0 Å². The van der Waals surface area contributed by atoms with Crippen molar-refractivity contribution in [2.75, 3.05) is 6.54 Å². The predicted molar refractivity (Wildman–Crippen MR) is 52.7 cm³/mol. The summed E-state index contributed by atoms with van der Waals surface area (Å²) in [4.78, 5) is 21.3. The maximum Gasteiger partial charge on any atom is 0.310 e. The van der Waals surface area contributed by atoms with E-state index in [-0.39, 0.29) is 12.5 Å². The van der Waals surface area contributed by atoms with Crippen LogP contribution in [0.5, 0.6) is 0 Å². The van der Waals surface area contributed by atoms with Gasteiger partial charge in [0.15, 0.2) is 0 Å². The number of amides is 1. The Morgan fingerprint density at radius 2 is 2.00 bits per heavy atom. The number of hydrogen-bond donors (Lipinski definition) is 3. The van der Waals surface area contributed by atoms with E-state index in [0.29, 0.717) is 6.54 Å². The molecule has 0 aromatic rings. The molecule has 0 aromatic heterocycles. The van der Waals surface area contributed by atoms with Crippen molar-refractivity contribution in [3.05, 3.63) is 0 Å². The van der Waals surface area contributed by atoms with Gasteiger partial charge in [0, 0.05) is 19.0 Å². The highest BCUT2D eigenvalue weighted by atomic mass is 16.4. The zero-order chi connectivity index (χ0) is 11.4. The summed E-state index contributed by atoms with van der Waals surface area (Å²) in [6.07, 6.45) is 0.218. The number of aliphatic carboxylic acids is 1. The molecule has 0 aliphatic heterocycles. The maximum absolute atomic E-state index is 10.7. The highest BCUT2D eigenvalue weighted by molar-refractivity contribution is 5.74. The topological polar surface area (TPSA) is 92.4 Å². The van der Waals surface area contributed by atoms with Gasteiger partial charge in [0.2, 0.25) is 5.91 Å². The standard InChI is InChI=1S/C9H18N2O3/c1-6(4-7(10)12)11-5-9(2,3)8(13)14/h6,11H,4-5H2,1-3H3,(H2,10,12)(H,13,14). The lowest BCUT2D eigenvalue weighted by molar-refractivity contribution is -0.146. The van der Waals surface area contributed by atoms with Crippen LogP contribution in [0.3, 0.4) is 0 Å². The Morgan fingerprint density at radius 1 is 1.50 bits per heavy atom. The van der Waals surface area contributed by atoms with E-state index in [2.05, 4.69) is 5.32 Å². The number of hydrogen-bond acceptors (Lipinski definition) is 3. The first kappa shape index (κ1) is 12.9. The third-order valence-corrected chi connectivity index (χ3v) is 1.98. The van der Waals surface area contributed by atoms with Crippen molar-refractivity contribution in [2.45, 2.75) is 33.2 Å². The van der Waals surface area contributed by atoms with Gasteiger partial charge in [0.25, 0.3) is 0 Å². The summed E-state index contributed by atoms with van der Waals surface area (Å²) in [6.45, 7) is 5.36. The Bertz CT molecular complexity index is 226. The molecular weight excluding hydrogens is 184 g/mol. The first-order valence-corrected chi connectivity index (χ1v) is 4.51. The SMILES string of the molecule is CC(CC(N)=O)NCC(C)(C)C(=O)O. The van der Waals surface area contributed by atoms with Gasteiger partial charge >= 0.3 is 5.97 Å². The summed E-state index contributed by atoms with van der Waals surface area (Å²) < 4.78 is 0. The molecule has 0 radical (unpaired) electrons. The molecule has 0 spiro atoms. The normalized spacial score (nSPS) is 13.6. The molecule has 0 bridgehead atoms. The highest BCUT2D eigenvalue weighted by Crippen LogP contribution is 2.13. The van der Waals surface area contributed by atoms with E-state index in [4.69, 9.17) is 10.8 Å². The average molecular weight is 202 g/mol. The Kier molecular flexibility index (Phi) is 4.56. The molecule has 0 aromatic carbocycles. The molecule has 1 unspecified atom stereocenters. The van der Waals surface area contributed by atoms with Gasteiger partial charge in [-0.25, -0.2) is 0 Å². The molecule has 0 aliphatic carbocycles. The number of nitrogens with two attached hydrogens (primary N) is 1. The number of rotatable bonds is 6. The smallest absolute Gasteiger partial charge is 0.310 e. The lowest BCUT2D eigenvalue weighted by Crippen LogP contribution is -2.41. The molecule has 0 rings (SSSR count). The summed E-state index contributed by atoms with van der Waals surface area (Å²) in [7, 11) is 0. The van der Waals surface area contributed by atoms with Crippen LogP contribution in [0.1, 0.15) is 27.2 Å². The summed E-state index contributed by atoms with van der Waals surface area (Å²) in [5.41, 5.74) is 4.17. The van der Waals surface area contributed by atoms with Crippen LogP contribution in [0, 0.1) is 5.41 Å². The fraction of sp³-hybridized carbons (Fsp3) is 0.778. The van der Waals surface area contributed by atoms with Crippen molar-refractivity contribution < 1.29 is 14.7 Å². The fourth-order valence-electron chi connectivity index (χ4n) is 0.879. The number of carboxylic acids is 1. The lowest BCUT2D eigenvalue weighted by atomic mass is 9.93. The van der Waals surface area contributed by atoms with E-state index in [1.54, 1.807) is 20.8 Å². The van der Waals surface area contributed by atoms with Crippen molar-refractivity contribution in [3.8, 4) is 0 Å². The van der Waals surface area contributed by atoms with E-state index >= 15 is 0 Å². The minimum Gasteiger partial charge on any atom is -0.481 e. The third kappa shape index (κ3) is 4.81. The Balaban J connectivity index is 3.93. The van der Waals surface area contributed by atoms with Gasteiger partial charge in [0.05, 0.1) is 5.41 Å². The van der Waals surface area contributed by atoms with Crippen molar-refractivity contribution in [2.24, 2.45) is 11.1 Å². The summed E-state index contributed by atoms with van der Waals surface area (Å²) in [5.74, 6) is -1.26. The van der Waals surface area contributed by atoms with E-state index < -0.39 is 17.3 Å². The van der Waals surface area contributed by atoms with Crippen molar-refractivity contribution in [1.29, 1.82) is 0 Å². The zero-order valence-electron chi connectivity index (χ0n) is 8.83. The van der Waals surface area contributed by atoms with Crippen LogP contribution in [-0.4, -0.2) is 29.6 Å². The highest BCUT2D eigenvalue weighted by Gasteiger charge is 2.27. The second kappa shape index (κ2) is 4.95. The van der Waals surface area contributed by atoms with E-state index in [0.717, 1.165) is 0 Å². The number of nitrogens with one attached hydrogen (secondary N) is 1. The van der Waals surface area contributed by atoms with Gasteiger partial charge < -0.3 is 16.2 Å². The minimum atomic E-state index is -0.865. The quantitative estimate of drug-likeness (QED) is 0.563. The lowest BCUT2D eigenvalue weighted by Gasteiger charge is -2.22. The first-order chi connectivity index (χ1) is 6.25. The van der Waals surface area contributed by atoms with Gasteiger partial charge in [0.1, 0.15) is 0 Å². The Morgan fingerprint density at radius 3 is 2.36 bits per heavy atom.